The fourth-order valence-corrected chi connectivity index (χ4v) is 1.84. The quantitative estimate of drug-likeness (QED) is 0.831. The van der Waals surface area contributed by atoms with Gasteiger partial charge in [0.05, 0.1) is 24.7 Å². The van der Waals surface area contributed by atoms with Crippen LogP contribution in [0.2, 0.25) is 0 Å². The Hall–Kier alpha value is -2.07. The molecule has 0 saturated carbocycles. The minimum atomic E-state index is 0.577. The van der Waals surface area contributed by atoms with Crippen molar-refractivity contribution in [2.45, 2.75) is 20.0 Å². The van der Waals surface area contributed by atoms with Gasteiger partial charge < -0.3 is 14.8 Å². The van der Waals surface area contributed by atoms with Crippen LogP contribution in [0.15, 0.2) is 42.7 Å². The van der Waals surface area contributed by atoms with E-state index in [1.165, 1.54) is 0 Å². The van der Waals surface area contributed by atoms with Crippen molar-refractivity contribution >= 4 is 5.69 Å². The van der Waals surface area contributed by atoms with E-state index in [4.69, 9.17) is 9.47 Å². The minimum Gasteiger partial charge on any atom is -0.456 e. The summed E-state index contributed by atoms with van der Waals surface area (Å²) in [6.45, 7) is 3.63. The summed E-state index contributed by atoms with van der Waals surface area (Å²) in [7, 11) is 1.68. The summed E-state index contributed by atoms with van der Waals surface area (Å²) in [6, 6.07) is 9.80. The van der Waals surface area contributed by atoms with Crippen molar-refractivity contribution in [1.29, 1.82) is 0 Å². The van der Waals surface area contributed by atoms with E-state index in [0.717, 1.165) is 35.7 Å². The number of nitrogens with one attached hydrogen (secondary N) is 1. The molecule has 1 aromatic carbocycles. The van der Waals surface area contributed by atoms with E-state index in [1.807, 2.05) is 30.3 Å². The van der Waals surface area contributed by atoms with Gasteiger partial charge in [0, 0.05) is 19.7 Å². The lowest BCUT2D eigenvalue weighted by atomic mass is 10.2. The molecule has 2 rings (SSSR count). The van der Waals surface area contributed by atoms with Crippen LogP contribution in [0.25, 0.3) is 0 Å². The fourth-order valence-electron chi connectivity index (χ4n) is 1.84. The topological polar surface area (TPSA) is 43.4 Å². The van der Waals surface area contributed by atoms with Gasteiger partial charge in [-0.2, -0.15) is 0 Å². The molecule has 0 saturated heterocycles. The molecule has 0 atom stereocenters. The number of benzene rings is 1. The summed E-state index contributed by atoms with van der Waals surface area (Å²) in [6.07, 6.45) is 4.58. The number of ether oxygens (including phenoxy) is 2. The van der Waals surface area contributed by atoms with Gasteiger partial charge >= 0.3 is 0 Å². The highest BCUT2D eigenvalue weighted by Crippen LogP contribution is 2.24. The Morgan fingerprint density at radius 1 is 1.15 bits per heavy atom. The first-order chi connectivity index (χ1) is 9.81. The lowest BCUT2D eigenvalue weighted by Gasteiger charge is -2.09. The molecule has 0 aliphatic carbocycles. The van der Waals surface area contributed by atoms with Crippen LogP contribution in [0.1, 0.15) is 18.9 Å². The zero-order chi connectivity index (χ0) is 14.2. The summed E-state index contributed by atoms with van der Waals surface area (Å²) in [4.78, 5) is 4.18. The van der Waals surface area contributed by atoms with E-state index >= 15 is 0 Å². The maximum atomic E-state index is 5.83. The third-order valence-electron chi connectivity index (χ3n) is 2.74. The number of hydrogen-bond donors (Lipinski definition) is 1. The molecule has 0 spiro atoms. The number of nitrogens with zero attached hydrogens (tertiary/aromatic N) is 1. The van der Waals surface area contributed by atoms with Crippen LogP contribution in [0.4, 0.5) is 5.69 Å². The molecule has 0 aliphatic rings. The highest BCUT2D eigenvalue weighted by atomic mass is 16.5. The van der Waals surface area contributed by atoms with E-state index in [2.05, 4.69) is 17.2 Å². The standard InChI is InChI=1S/C16H20N2O2/c1-3-7-18-14-9-16(11-17-10-14)20-15-6-4-5-13(8-15)12-19-2/h4-6,8-11,18H,3,7,12H2,1-2H3. The van der Waals surface area contributed by atoms with E-state index in [9.17, 15) is 0 Å². The number of methoxy groups -OCH3 is 1. The number of anilines is 1. The van der Waals surface area contributed by atoms with Gasteiger partial charge in [-0.05, 0) is 24.1 Å². The SMILES string of the molecule is CCCNc1cncc(Oc2cccc(COC)c2)c1. The highest BCUT2D eigenvalue weighted by molar-refractivity contribution is 5.46. The molecule has 1 N–H and O–H groups in total. The largest absolute Gasteiger partial charge is 0.456 e. The maximum Gasteiger partial charge on any atom is 0.147 e. The summed E-state index contributed by atoms with van der Waals surface area (Å²) >= 11 is 0. The summed E-state index contributed by atoms with van der Waals surface area (Å²) < 4.78 is 10.9. The van der Waals surface area contributed by atoms with Gasteiger partial charge in [-0.15, -0.1) is 0 Å². The molecular weight excluding hydrogens is 252 g/mol. The Morgan fingerprint density at radius 3 is 2.85 bits per heavy atom. The minimum absolute atomic E-state index is 0.577. The Labute approximate surface area is 119 Å². The Bertz CT molecular complexity index is 544. The first kappa shape index (κ1) is 14.3. The molecule has 4 heteroatoms. The van der Waals surface area contributed by atoms with Crippen molar-refractivity contribution < 1.29 is 9.47 Å². The van der Waals surface area contributed by atoms with Gasteiger partial charge in [-0.3, -0.25) is 4.98 Å². The average Bonchev–Trinajstić information content (AvgIpc) is 2.46. The van der Waals surface area contributed by atoms with Gasteiger partial charge in [0.25, 0.3) is 0 Å². The number of hydrogen-bond acceptors (Lipinski definition) is 4. The summed E-state index contributed by atoms with van der Waals surface area (Å²) in [5.41, 5.74) is 2.05. The third-order valence-corrected chi connectivity index (χ3v) is 2.74. The molecule has 4 nitrogen and oxygen atoms in total. The van der Waals surface area contributed by atoms with Crippen LogP contribution in [0.5, 0.6) is 11.5 Å². The normalized spacial score (nSPS) is 10.3. The van der Waals surface area contributed by atoms with Gasteiger partial charge in [0.1, 0.15) is 11.5 Å². The van der Waals surface area contributed by atoms with E-state index < -0.39 is 0 Å². The molecule has 0 fully saturated rings. The second-order valence-electron chi connectivity index (χ2n) is 4.52. The molecular formula is C16H20N2O2. The molecule has 1 heterocycles. The number of pyridine rings is 1. The van der Waals surface area contributed by atoms with Gasteiger partial charge in [-0.25, -0.2) is 0 Å². The Morgan fingerprint density at radius 2 is 2.05 bits per heavy atom. The highest BCUT2D eigenvalue weighted by Gasteiger charge is 2.01. The van der Waals surface area contributed by atoms with Crippen LogP contribution in [0, 0.1) is 0 Å². The van der Waals surface area contributed by atoms with E-state index in [0.29, 0.717) is 6.61 Å². The number of rotatable bonds is 7. The molecule has 2 aromatic rings. The predicted molar refractivity (Wildman–Crippen MR) is 80.2 cm³/mol. The molecule has 0 radical (unpaired) electrons. The molecule has 106 valence electrons. The van der Waals surface area contributed by atoms with Crippen LogP contribution in [-0.4, -0.2) is 18.6 Å². The zero-order valence-electron chi connectivity index (χ0n) is 11.9. The summed E-state index contributed by atoms with van der Waals surface area (Å²) in [5, 5.41) is 3.29. The van der Waals surface area contributed by atoms with Crippen LogP contribution in [-0.2, 0) is 11.3 Å². The van der Waals surface area contributed by atoms with Gasteiger partial charge in [0.15, 0.2) is 0 Å². The number of aromatic nitrogens is 1. The Kier molecular flexibility index (Phi) is 5.38. The summed E-state index contributed by atoms with van der Waals surface area (Å²) in [5.74, 6) is 1.51. The molecule has 1 aromatic heterocycles. The molecule has 0 amide bonds. The van der Waals surface area contributed by atoms with Gasteiger partial charge in [0.2, 0.25) is 0 Å². The van der Waals surface area contributed by atoms with Crippen molar-refractivity contribution in [3.63, 3.8) is 0 Å². The van der Waals surface area contributed by atoms with Crippen molar-refractivity contribution in [1.82, 2.24) is 4.98 Å². The molecule has 0 aliphatic heterocycles. The first-order valence-electron chi connectivity index (χ1n) is 6.76. The van der Waals surface area contributed by atoms with Crippen LogP contribution >= 0.6 is 0 Å². The predicted octanol–water partition coefficient (Wildman–Crippen LogP) is 3.84. The van der Waals surface area contributed by atoms with Crippen LogP contribution in [0.3, 0.4) is 0 Å². The molecule has 20 heavy (non-hydrogen) atoms. The lowest BCUT2D eigenvalue weighted by Crippen LogP contribution is -2.00. The third kappa shape index (κ3) is 4.24. The van der Waals surface area contributed by atoms with Crippen molar-refractivity contribution in [3.8, 4) is 11.5 Å². The van der Waals surface area contributed by atoms with Crippen molar-refractivity contribution in [2.75, 3.05) is 19.0 Å². The van der Waals surface area contributed by atoms with E-state index in [-0.39, 0.29) is 0 Å². The van der Waals surface area contributed by atoms with Crippen molar-refractivity contribution in [3.05, 3.63) is 48.3 Å². The fraction of sp³-hybridized carbons (Fsp3) is 0.312. The monoisotopic (exact) mass is 272 g/mol. The smallest absolute Gasteiger partial charge is 0.147 e. The zero-order valence-corrected chi connectivity index (χ0v) is 11.9. The second-order valence-corrected chi connectivity index (χ2v) is 4.52. The van der Waals surface area contributed by atoms with E-state index in [1.54, 1.807) is 19.5 Å². The first-order valence-corrected chi connectivity index (χ1v) is 6.76. The average molecular weight is 272 g/mol. The lowest BCUT2D eigenvalue weighted by molar-refractivity contribution is 0.184. The molecule has 0 bridgehead atoms. The maximum absolute atomic E-state index is 5.83. The second kappa shape index (κ2) is 7.50. The van der Waals surface area contributed by atoms with Crippen LogP contribution < -0.4 is 10.1 Å². The van der Waals surface area contributed by atoms with Crippen molar-refractivity contribution in [2.24, 2.45) is 0 Å². The van der Waals surface area contributed by atoms with Gasteiger partial charge in [-0.1, -0.05) is 19.1 Å². The molecule has 0 unspecified atom stereocenters. The Balaban J connectivity index is 2.07.